The van der Waals surface area contributed by atoms with E-state index in [0.29, 0.717) is 16.4 Å². The van der Waals surface area contributed by atoms with Crippen LogP contribution in [0.1, 0.15) is 11.1 Å². The van der Waals surface area contributed by atoms with Crippen LogP contribution in [0.15, 0.2) is 52.8 Å². The molecule has 0 unspecified atom stereocenters. The molecule has 8 heteroatoms. The molecule has 0 heterocycles. The number of aryl methyl sites for hydroxylation is 2. The predicted molar refractivity (Wildman–Crippen MR) is 104 cm³/mol. The molecule has 0 aliphatic carbocycles. The Labute approximate surface area is 163 Å². The standard InChI is InChI=1S/C19H24ClN3O4/c1-12-3-8-16(9-13(12)2)23(10-17(25)19(27)18(26)11-24)22-21-15-6-4-14(20)5-7-15/h3-9,17-19,24-27H,10-11H2,1-2H3/t17-,18-,19+/m1/s1. The topological polar surface area (TPSA) is 109 Å². The van der Waals surface area contributed by atoms with Gasteiger partial charge in [0.15, 0.2) is 0 Å². The van der Waals surface area contributed by atoms with Gasteiger partial charge in [0.2, 0.25) is 0 Å². The number of aliphatic hydroxyl groups excluding tert-OH is 4. The van der Waals surface area contributed by atoms with Gasteiger partial charge in [-0.2, -0.15) is 0 Å². The summed E-state index contributed by atoms with van der Waals surface area (Å²) in [6.07, 6.45) is -4.32. The quantitative estimate of drug-likeness (QED) is 0.407. The molecular weight excluding hydrogens is 370 g/mol. The Hall–Kier alpha value is -2.03. The van der Waals surface area contributed by atoms with Gasteiger partial charge in [-0.3, -0.25) is 0 Å². The molecule has 0 aliphatic heterocycles. The molecule has 0 aromatic heterocycles. The summed E-state index contributed by atoms with van der Waals surface area (Å²) in [5.41, 5.74) is 3.37. The Morgan fingerprint density at radius 2 is 1.63 bits per heavy atom. The van der Waals surface area contributed by atoms with E-state index in [2.05, 4.69) is 10.3 Å². The van der Waals surface area contributed by atoms with E-state index in [4.69, 9.17) is 16.7 Å². The molecular formula is C19H24ClN3O4. The molecule has 3 atom stereocenters. The maximum Gasteiger partial charge on any atom is 0.110 e. The Morgan fingerprint density at radius 3 is 2.22 bits per heavy atom. The fraction of sp³-hybridized carbons (Fsp3) is 0.368. The van der Waals surface area contributed by atoms with Gasteiger partial charge in [0.1, 0.15) is 18.3 Å². The molecule has 4 N–H and O–H groups in total. The third-order valence-electron chi connectivity index (χ3n) is 4.22. The predicted octanol–water partition coefficient (Wildman–Crippen LogP) is 2.54. The second-order valence-electron chi connectivity index (χ2n) is 6.32. The molecule has 27 heavy (non-hydrogen) atoms. The Bertz CT molecular complexity index is 770. The van der Waals surface area contributed by atoms with E-state index in [9.17, 15) is 15.3 Å². The number of aliphatic hydroxyl groups is 4. The normalized spacial score (nSPS) is 14.9. The molecule has 0 aliphatic rings. The van der Waals surface area contributed by atoms with Crippen LogP contribution in [0, 0.1) is 13.8 Å². The van der Waals surface area contributed by atoms with Gasteiger partial charge in [-0.05, 0) is 61.4 Å². The minimum Gasteiger partial charge on any atom is -0.394 e. The fourth-order valence-corrected chi connectivity index (χ4v) is 2.47. The zero-order chi connectivity index (χ0) is 20.0. The second kappa shape index (κ2) is 9.77. The Kier molecular flexibility index (Phi) is 7.70. The van der Waals surface area contributed by atoms with Crippen molar-refractivity contribution >= 4 is 23.0 Å². The largest absolute Gasteiger partial charge is 0.394 e. The molecule has 0 radical (unpaired) electrons. The van der Waals surface area contributed by atoms with Crippen LogP contribution in [0.3, 0.4) is 0 Å². The molecule has 146 valence electrons. The summed E-state index contributed by atoms with van der Waals surface area (Å²) in [7, 11) is 0. The van der Waals surface area contributed by atoms with Crippen LogP contribution < -0.4 is 5.01 Å². The maximum atomic E-state index is 10.2. The van der Waals surface area contributed by atoms with E-state index >= 15 is 0 Å². The van der Waals surface area contributed by atoms with Crippen LogP contribution in [0.4, 0.5) is 11.4 Å². The minimum atomic E-state index is -1.52. The molecule has 0 amide bonds. The SMILES string of the molecule is Cc1ccc(N(C[C@@H](O)[C@H](O)[C@H](O)CO)N=Nc2ccc(Cl)cc2)cc1C. The molecule has 2 aromatic carbocycles. The highest BCUT2D eigenvalue weighted by Crippen LogP contribution is 2.23. The van der Waals surface area contributed by atoms with Gasteiger partial charge in [-0.25, -0.2) is 5.01 Å². The van der Waals surface area contributed by atoms with E-state index in [1.807, 2.05) is 32.0 Å². The lowest BCUT2D eigenvalue weighted by atomic mass is 10.1. The third-order valence-corrected chi connectivity index (χ3v) is 4.47. The number of rotatable bonds is 8. The van der Waals surface area contributed by atoms with Gasteiger partial charge < -0.3 is 20.4 Å². The molecule has 0 fully saturated rings. The van der Waals surface area contributed by atoms with Crippen molar-refractivity contribution in [3.8, 4) is 0 Å². The molecule has 0 saturated carbocycles. The molecule has 0 bridgehead atoms. The lowest BCUT2D eigenvalue weighted by Crippen LogP contribution is -2.44. The first-order valence-corrected chi connectivity index (χ1v) is 8.86. The second-order valence-corrected chi connectivity index (χ2v) is 6.76. The molecule has 0 saturated heterocycles. The number of halogens is 1. The van der Waals surface area contributed by atoms with Crippen molar-refractivity contribution in [2.24, 2.45) is 10.3 Å². The van der Waals surface area contributed by atoms with Crippen molar-refractivity contribution < 1.29 is 20.4 Å². The van der Waals surface area contributed by atoms with Crippen molar-refractivity contribution in [1.29, 1.82) is 0 Å². The van der Waals surface area contributed by atoms with Gasteiger partial charge in [-0.15, -0.1) is 5.11 Å². The summed E-state index contributed by atoms with van der Waals surface area (Å²) >= 11 is 5.86. The van der Waals surface area contributed by atoms with Crippen molar-refractivity contribution in [1.82, 2.24) is 0 Å². The van der Waals surface area contributed by atoms with Crippen molar-refractivity contribution in [2.45, 2.75) is 32.2 Å². The zero-order valence-corrected chi connectivity index (χ0v) is 16.0. The zero-order valence-electron chi connectivity index (χ0n) is 15.2. The average molecular weight is 394 g/mol. The van der Waals surface area contributed by atoms with Crippen LogP contribution in [-0.4, -0.2) is 51.9 Å². The summed E-state index contributed by atoms with van der Waals surface area (Å²) in [6.45, 7) is 3.15. The number of benzene rings is 2. The van der Waals surface area contributed by atoms with Gasteiger partial charge in [0.25, 0.3) is 0 Å². The van der Waals surface area contributed by atoms with Gasteiger partial charge in [0, 0.05) is 5.02 Å². The number of hydrogen-bond acceptors (Lipinski definition) is 6. The summed E-state index contributed by atoms with van der Waals surface area (Å²) in [4.78, 5) is 0. The smallest absolute Gasteiger partial charge is 0.110 e. The molecule has 0 spiro atoms. The third kappa shape index (κ3) is 5.98. The minimum absolute atomic E-state index is 0.127. The lowest BCUT2D eigenvalue weighted by Gasteiger charge is -2.26. The molecule has 7 nitrogen and oxygen atoms in total. The Balaban J connectivity index is 2.27. The highest BCUT2D eigenvalue weighted by molar-refractivity contribution is 6.30. The Morgan fingerprint density at radius 1 is 0.963 bits per heavy atom. The van der Waals surface area contributed by atoms with Crippen LogP contribution in [0.2, 0.25) is 5.02 Å². The van der Waals surface area contributed by atoms with Crippen LogP contribution >= 0.6 is 11.6 Å². The first-order valence-electron chi connectivity index (χ1n) is 8.49. The molecule has 2 rings (SSSR count). The lowest BCUT2D eigenvalue weighted by molar-refractivity contribution is -0.0732. The van der Waals surface area contributed by atoms with E-state index < -0.39 is 24.9 Å². The highest BCUT2D eigenvalue weighted by Gasteiger charge is 2.26. The van der Waals surface area contributed by atoms with E-state index in [-0.39, 0.29) is 6.54 Å². The first-order chi connectivity index (χ1) is 12.8. The monoisotopic (exact) mass is 393 g/mol. The average Bonchev–Trinajstić information content (AvgIpc) is 2.67. The number of nitrogens with zero attached hydrogens (tertiary/aromatic N) is 3. The van der Waals surface area contributed by atoms with Gasteiger partial charge in [-0.1, -0.05) is 22.9 Å². The summed E-state index contributed by atoms with van der Waals surface area (Å²) in [6, 6.07) is 12.4. The number of hydrogen-bond donors (Lipinski definition) is 4. The number of anilines is 1. The van der Waals surface area contributed by atoms with Crippen LogP contribution in [-0.2, 0) is 0 Å². The highest BCUT2D eigenvalue weighted by atomic mass is 35.5. The fourth-order valence-electron chi connectivity index (χ4n) is 2.34. The van der Waals surface area contributed by atoms with Crippen molar-refractivity contribution in [3.05, 3.63) is 58.6 Å². The van der Waals surface area contributed by atoms with E-state index in [0.717, 1.165) is 11.1 Å². The van der Waals surface area contributed by atoms with E-state index in [1.54, 1.807) is 24.3 Å². The van der Waals surface area contributed by atoms with Gasteiger partial charge in [0.05, 0.1) is 24.5 Å². The first kappa shape index (κ1) is 21.3. The summed E-state index contributed by atoms with van der Waals surface area (Å²) in [5, 5.41) is 49.0. The maximum absolute atomic E-state index is 10.2. The van der Waals surface area contributed by atoms with Crippen molar-refractivity contribution in [3.63, 3.8) is 0 Å². The van der Waals surface area contributed by atoms with E-state index in [1.165, 1.54) is 5.01 Å². The van der Waals surface area contributed by atoms with Gasteiger partial charge >= 0.3 is 0 Å². The van der Waals surface area contributed by atoms with Crippen LogP contribution in [0.5, 0.6) is 0 Å². The van der Waals surface area contributed by atoms with Crippen LogP contribution in [0.25, 0.3) is 0 Å². The van der Waals surface area contributed by atoms with Crippen molar-refractivity contribution in [2.75, 3.05) is 18.2 Å². The summed E-state index contributed by atoms with van der Waals surface area (Å²) in [5.74, 6) is 0. The summed E-state index contributed by atoms with van der Waals surface area (Å²) < 4.78 is 0. The molecule has 2 aromatic rings.